The number of nitrogens with two attached hydrogens (primary N) is 1. The summed E-state index contributed by atoms with van der Waals surface area (Å²) in [5.41, 5.74) is 6.64. The quantitative estimate of drug-likeness (QED) is 0.789. The van der Waals surface area contributed by atoms with Crippen LogP contribution in [0, 0.1) is 11.8 Å². The molecule has 96 valence electrons. The highest BCUT2D eigenvalue weighted by Crippen LogP contribution is 2.62. The second-order valence-electron chi connectivity index (χ2n) is 4.99. The second-order valence-corrected chi connectivity index (χ2v) is 5.38. The number of pyridine rings is 1. The van der Waals surface area contributed by atoms with Crippen molar-refractivity contribution in [3.63, 3.8) is 0 Å². The summed E-state index contributed by atoms with van der Waals surface area (Å²) in [4.78, 5) is 16.7. The maximum Gasteiger partial charge on any atom is 0.407 e. The van der Waals surface area contributed by atoms with E-state index >= 15 is 0 Å². The van der Waals surface area contributed by atoms with Crippen molar-refractivity contribution in [2.45, 2.75) is 5.41 Å². The van der Waals surface area contributed by atoms with Gasteiger partial charge in [0, 0.05) is 25.0 Å². The Hall–Kier alpha value is -1.33. The van der Waals surface area contributed by atoms with Gasteiger partial charge in [0.15, 0.2) is 0 Å². The Morgan fingerprint density at radius 1 is 1.56 bits per heavy atom. The van der Waals surface area contributed by atoms with Gasteiger partial charge in [-0.1, -0.05) is 17.7 Å². The van der Waals surface area contributed by atoms with Crippen molar-refractivity contribution in [1.82, 2.24) is 9.88 Å². The summed E-state index contributed by atoms with van der Waals surface area (Å²) >= 11 is 5.91. The van der Waals surface area contributed by atoms with Crippen molar-refractivity contribution >= 4 is 17.7 Å². The number of hydrogen-bond donors (Lipinski definition) is 2. The molecule has 1 unspecified atom stereocenters. The second kappa shape index (κ2) is 3.83. The van der Waals surface area contributed by atoms with Gasteiger partial charge < -0.3 is 15.7 Å². The van der Waals surface area contributed by atoms with E-state index in [4.69, 9.17) is 22.4 Å². The summed E-state index contributed by atoms with van der Waals surface area (Å²) < 4.78 is 0. The molecule has 2 aliphatic rings. The van der Waals surface area contributed by atoms with Crippen LogP contribution in [-0.4, -0.2) is 40.7 Å². The van der Waals surface area contributed by atoms with Gasteiger partial charge in [0.1, 0.15) is 5.15 Å². The van der Waals surface area contributed by atoms with Gasteiger partial charge in [-0.25, -0.2) is 9.78 Å². The van der Waals surface area contributed by atoms with E-state index in [2.05, 4.69) is 4.98 Å². The molecule has 0 radical (unpaired) electrons. The van der Waals surface area contributed by atoms with Crippen LogP contribution in [0.15, 0.2) is 18.2 Å². The predicted octanol–water partition coefficient (Wildman–Crippen LogP) is 1.17. The number of likely N-dealkylation sites (tertiary alicyclic amines) is 1. The van der Waals surface area contributed by atoms with Crippen LogP contribution in [0.5, 0.6) is 0 Å². The van der Waals surface area contributed by atoms with Crippen LogP contribution in [-0.2, 0) is 5.41 Å². The molecule has 1 saturated carbocycles. The molecule has 0 bridgehead atoms. The van der Waals surface area contributed by atoms with Crippen molar-refractivity contribution in [3.8, 4) is 0 Å². The van der Waals surface area contributed by atoms with Gasteiger partial charge in [-0.2, -0.15) is 0 Å². The normalized spacial score (nSPS) is 33.3. The Labute approximate surface area is 110 Å². The fraction of sp³-hybridized carbons (Fsp3) is 0.500. The molecule has 2 fully saturated rings. The topological polar surface area (TPSA) is 79.5 Å². The van der Waals surface area contributed by atoms with Crippen LogP contribution in [0.3, 0.4) is 0 Å². The van der Waals surface area contributed by atoms with Gasteiger partial charge in [0.2, 0.25) is 0 Å². The summed E-state index contributed by atoms with van der Waals surface area (Å²) in [6, 6.07) is 5.53. The molecule has 1 aliphatic heterocycles. The third-order valence-corrected chi connectivity index (χ3v) is 4.54. The Morgan fingerprint density at radius 3 is 2.72 bits per heavy atom. The first kappa shape index (κ1) is 11.7. The van der Waals surface area contributed by atoms with Gasteiger partial charge >= 0.3 is 6.09 Å². The monoisotopic (exact) mass is 267 g/mol. The van der Waals surface area contributed by atoms with Crippen LogP contribution in [0.1, 0.15) is 5.69 Å². The van der Waals surface area contributed by atoms with Crippen LogP contribution >= 0.6 is 11.6 Å². The lowest BCUT2D eigenvalue weighted by molar-refractivity contribution is 0.146. The molecule has 1 amide bonds. The molecule has 18 heavy (non-hydrogen) atoms. The van der Waals surface area contributed by atoms with E-state index in [0.717, 1.165) is 5.69 Å². The lowest BCUT2D eigenvalue weighted by Gasteiger charge is -2.23. The number of carbonyl (C=O) groups is 1. The fourth-order valence-electron chi connectivity index (χ4n) is 3.35. The summed E-state index contributed by atoms with van der Waals surface area (Å²) in [5.74, 6) is 0.564. The molecular weight excluding hydrogens is 254 g/mol. The Kier molecular flexibility index (Phi) is 2.50. The SMILES string of the molecule is NCC1(c2cccc(Cl)n2)[C@@H]2CN(C(=O)O)C[C@@H]21. The number of piperidine rings is 1. The Balaban J connectivity index is 1.87. The average molecular weight is 268 g/mol. The first-order valence-electron chi connectivity index (χ1n) is 5.90. The van der Waals surface area contributed by atoms with Gasteiger partial charge in [-0.15, -0.1) is 0 Å². The average Bonchev–Trinajstić information content (AvgIpc) is 2.73. The molecule has 0 spiro atoms. The van der Waals surface area contributed by atoms with Crippen molar-refractivity contribution in [2.75, 3.05) is 19.6 Å². The predicted molar refractivity (Wildman–Crippen MR) is 66.6 cm³/mol. The smallest absolute Gasteiger partial charge is 0.407 e. The Bertz CT molecular complexity index is 496. The number of halogens is 1. The zero-order valence-electron chi connectivity index (χ0n) is 9.71. The minimum Gasteiger partial charge on any atom is -0.465 e. The summed E-state index contributed by atoms with van der Waals surface area (Å²) in [7, 11) is 0. The number of carboxylic acid groups (broad SMARTS) is 1. The third-order valence-electron chi connectivity index (χ3n) is 4.33. The van der Waals surface area contributed by atoms with Gasteiger partial charge in [-0.3, -0.25) is 0 Å². The highest BCUT2D eigenvalue weighted by atomic mass is 35.5. The molecule has 6 heteroatoms. The minimum atomic E-state index is -0.854. The molecule has 5 nitrogen and oxygen atoms in total. The number of nitrogens with zero attached hydrogens (tertiary/aromatic N) is 2. The van der Waals surface area contributed by atoms with E-state index in [1.54, 1.807) is 6.07 Å². The summed E-state index contributed by atoms with van der Waals surface area (Å²) in [6.45, 7) is 1.58. The summed E-state index contributed by atoms with van der Waals surface area (Å²) in [5, 5.41) is 9.43. The van der Waals surface area contributed by atoms with E-state index in [1.807, 2.05) is 12.1 Å². The van der Waals surface area contributed by atoms with E-state index in [1.165, 1.54) is 4.90 Å². The molecule has 3 rings (SSSR count). The highest BCUT2D eigenvalue weighted by Gasteiger charge is 2.69. The largest absolute Gasteiger partial charge is 0.465 e. The molecule has 3 atom stereocenters. The molecule has 3 N–H and O–H groups in total. The van der Waals surface area contributed by atoms with Crippen LogP contribution < -0.4 is 5.73 Å². The van der Waals surface area contributed by atoms with Crippen LogP contribution in [0.2, 0.25) is 5.15 Å². The van der Waals surface area contributed by atoms with E-state index in [9.17, 15) is 4.79 Å². The maximum atomic E-state index is 10.9. The highest BCUT2D eigenvalue weighted by molar-refractivity contribution is 6.29. The van der Waals surface area contributed by atoms with E-state index in [0.29, 0.717) is 24.8 Å². The van der Waals surface area contributed by atoms with Crippen LogP contribution in [0.25, 0.3) is 0 Å². The van der Waals surface area contributed by atoms with Crippen molar-refractivity contribution in [1.29, 1.82) is 0 Å². The zero-order chi connectivity index (χ0) is 12.9. The summed E-state index contributed by atoms with van der Waals surface area (Å²) in [6.07, 6.45) is -0.854. The molecule has 1 aromatic rings. The lowest BCUT2D eigenvalue weighted by Crippen LogP contribution is -2.37. The zero-order valence-corrected chi connectivity index (χ0v) is 10.5. The molecule has 0 aromatic carbocycles. The molecule has 1 saturated heterocycles. The number of fused-ring (bicyclic) bond motifs is 1. The van der Waals surface area contributed by atoms with E-state index < -0.39 is 6.09 Å². The van der Waals surface area contributed by atoms with Crippen LogP contribution in [0.4, 0.5) is 4.79 Å². The minimum absolute atomic E-state index is 0.170. The fourth-order valence-corrected chi connectivity index (χ4v) is 3.51. The van der Waals surface area contributed by atoms with Gasteiger partial charge in [-0.05, 0) is 24.0 Å². The number of hydrogen-bond acceptors (Lipinski definition) is 3. The number of aromatic nitrogens is 1. The molecule has 1 aromatic heterocycles. The number of amides is 1. The maximum absolute atomic E-state index is 10.9. The van der Waals surface area contributed by atoms with Gasteiger partial charge in [0.05, 0.1) is 5.69 Å². The van der Waals surface area contributed by atoms with E-state index in [-0.39, 0.29) is 17.3 Å². The van der Waals surface area contributed by atoms with Crippen molar-refractivity contribution < 1.29 is 9.90 Å². The molecule has 1 aliphatic carbocycles. The standard InChI is InChI=1S/C12H14ClN3O2/c13-10-3-1-2-9(15-10)12(6-14)7-4-16(11(17)18)5-8(7)12/h1-3,7-8H,4-6,14H2,(H,17,18)/t7-,8+,12?. The van der Waals surface area contributed by atoms with Gasteiger partial charge in [0.25, 0.3) is 0 Å². The Morgan fingerprint density at radius 2 is 2.22 bits per heavy atom. The first-order valence-corrected chi connectivity index (χ1v) is 6.28. The molecular formula is C12H14ClN3O2. The third kappa shape index (κ3) is 1.44. The number of rotatable bonds is 2. The lowest BCUT2D eigenvalue weighted by atomic mass is 9.95. The van der Waals surface area contributed by atoms with Crippen molar-refractivity contribution in [2.24, 2.45) is 17.6 Å². The first-order chi connectivity index (χ1) is 8.59. The van der Waals surface area contributed by atoms with Crippen molar-refractivity contribution in [3.05, 3.63) is 29.0 Å². The molecule has 2 heterocycles.